The van der Waals surface area contributed by atoms with Crippen LogP contribution in [-0.2, 0) is 41.1 Å². The van der Waals surface area contributed by atoms with Gasteiger partial charge in [-0.2, -0.15) is 0 Å². The van der Waals surface area contributed by atoms with E-state index in [1.807, 2.05) is 45.2 Å². The van der Waals surface area contributed by atoms with Crippen molar-refractivity contribution < 1.29 is 30.0 Å². The Hall–Kier alpha value is -2.85. The first kappa shape index (κ1) is 41.9. The Balaban J connectivity index is 0.000000323. The van der Waals surface area contributed by atoms with Crippen molar-refractivity contribution in [2.24, 2.45) is 11.8 Å². The van der Waals surface area contributed by atoms with E-state index in [1.54, 1.807) is 11.1 Å². The standard InChI is InChI=1S/C34H36NS.C13H24O2.Ir/c1-20-17-25-24-13-16-35-29(22-18-21-11-9-10-12-23(21)26(19-22)32(2,3)4)31(24)36-30(25)28-27(20)33(5,6)14-15-34(28,7)8;1-5-10(6-2)12(14)9-13(15)11(7-3)8-4;/h9-13,16-17,19H,14-15H2,1-8H3;9-11,14H,5-8H2,1-4H3;/q-1;;/b;12-9-;. The second-order valence-corrected chi connectivity index (χ2v) is 18.1. The van der Waals surface area contributed by atoms with Crippen LogP contribution >= 0.6 is 11.3 Å². The average Bonchev–Trinajstić information content (AvgIpc) is 3.45. The molecule has 1 radical (unpaired) electrons. The van der Waals surface area contributed by atoms with Crippen LogP contribution in [-0.4, -0.2) is 15.9 Å². The van der Waals surface area contributed by atoms with E-state index in [0.717, 1.165) is 42.3 Å². The number of allylic oxidation sites excluding steroid dienone is 2. The molecule has 3 nitrogen and oxygen atoms in total. The molecule has 0 fully saturated rings. The number of hydrogen-bond donors (Lipinski definition) is 1. The van der Waals surface area contributed by atoms with E-state index in [-0.39, 0.29) is 59.7 Å². The zero-order valence-electron chi connectivity index (χ0n) is 33.6. The first-order valence-corrected chi connectivity index (χ1v) is 20.1. The molecular formula is C47H60IrNO2S-. The van der Waals surface area contributed by atoms with E-state index in [0.29, 0.717) is 0 Å². The number of rotatable bonds is 8. The molecule has 2 aromatic heterocycles. The number of aromatic nitrogens is 1. The molecule has 1 N–H and O–H groups in total. The molecule has 281 valence electrons. The van der Waals surface area contributed by atoms with Crippen molar-refractivity contribution in [1.82, 2.24) is 4.98 Å². The van der Waals surface area contributed by atoms with Gasteiger partial charge in [0.15, 0.2) is 5.78 Å². The van der Waals surface area contributed by atoms with Crippen molar-refractivity contribution in [3.05, 3.63) is 88.8 Å². The number of aryl methyl sites for hydroxylation is 1. The van der Waals surface area contributed by atoms with Gasteiger partial charge in [0, 0.05) is 64.7 Å². The summed E-state index contributed by atoms with van der Waals surface area (Å²) in [5.74, 6) is 0.547. The van der Waals surface area contributed by atoms with Crippen molar-refractivity contribution in [3.63, 3.8) is 0 Å². The SMILES string of the molecule is CCC(CC)C(=O)/C=C(\O)C(CC)CC.Cc1cc2c(sc3c(-c4[c-]c5ccccc5c(C(C)(C)C)c4)nccc32)c2c1C(C)(C)CCC2(C)C.[Ir]. The molecule has 0 spiro atoms. The van der Waals surface area contributed by atoms with Crippen LogP contribution in [0.2, 0.25) is 0 Å². The molecule has 0 atom stereocenters. The fourth-order valence-electron chi connectivity index (χ4n) is 8.31. The van der Waals surface area contributed by atoms with E-state index in [2.05, 4.69) is 104 Å². The number of aliphatic hydroxyl groups excluding tert-OH is 1. The molecule has 1 aliphatic rings. The van der Waals surface area contributed by atoms with Crippen molar-refractivity contribution in [3.8, 4) is 11.3 Å². The minimum atomic E-state index is 0. The predicted molar refractivity (Wildman–Crippen MR) is 221 cm³/mol. The average molecular weight is 895 g/mol. The van der Waals surface area contributed by atoms with Gasteiger partial charge < -0.3 is 5.11 Å². The van der Waals surface area contributed by atoms with Crippen LogP contribution in [0.25, 0.3) is 42.2 Å². The molecule has 3 aromatic carbocycles. The largest absolute Gasteiger partial charge is 0.512 e. The maximum Gasteiger partial charge on any atom is 0.162 e. The van der Waals surface area contributed by atoms with E-state index < -0.39 is 0 Å². The molecule has 0 unspecified atom stereocenters. The van der Waals surface area contributed by atoms with Gasteiger partial charge in [0.1, 0.15) is 0 Å². The minimum Gasteiger partial charge on any atom is -0.512 e. The van der Waals surface area contributed by atoms with E-state index in [4.69, 9.17) is 4.98 Å². The summed E-state index contributed by atoms with van der Waals surface area (Å²) < 4.78 is 2.74. The van der Waals surface area contributed by atoms with E-state index in [1.165, 1.54) is 55.6 Å². The molecule has 0 bridgehead atoms. The number of carbonyl (C=O) groups excluding carboxylic acids is 1. The van der Waals surface area contributed by atoms with E-state index in [9.17, 15) is 9.90 Å². The predicted octanol–water partition coefficient (Wildman–Crippen LogP) is 13.9. The van der Waals surface area contributed by atoms with Crippen LogP contribution in [0.5, 0.6) is 0 Å². The van der Waals surface area contributed by atoms with E-state index >= 15 is 0 Å². The molecule has 0 amide bonds. The van der Waals surface area contributed by atoms with Gasteiger partial charge in [-0.05, 0) is 95.9 Å². The van der Waals surface area contributed by atoms with Gasteiger partial charge in [0.2, 0.25) is 0 Å². The summed E-state index contributed by atoms with van der Waals surface area (Å²) in [6.07, 6.45) is 9.36. The van der Waals surface area contributed by atoms with Crippen molar-refractivity contribution in [1.29, 1.82) is 0 Å². The van der Waals surface area contributed by atoms with Crippen LogP contribution < -0.4 is 0 Å². The smallest absolute Gasteiger partial charge is 0.162 e. The summed E-state index contributed by atoms with van der Waals surface area (Å²) in [4.78, 5) is 16.7. The van der Waals surface area contributed by atoms with Crippen molar-refractivity contribution in [2.45, 2.75) is 138 Å². The molecular weight excluding hydrogens is 835 g/mol. The van der Waals surface area contributed by atoms with Crippen LogP contribution in [0.15, 0.2) is 60.5 Å². The third-order valence-corrected chi connectivity index (χ3v) is 12.8. The minimum absolute atomic E-state index is 0. The summed E-state index contributed by atoms with van der Waals surface area (Å²) in [5, 5.41) is 14.9. The Bertz CT molecular complexity index is 2090. The van der Waals surface area contributed by atoms with Gasteiger partial charge in [-0.1, -0.05) is 105 Å². The third kappa shape index (κ3) is 8.13. The first-order valence-electron chi connectivity index (χ1n) is 19.2. The summed E-state index contributed by atoms with van der Waals surface area (Å²) in [7, 11) is 0. The van der Waals surface area contributed by atoms with Crippen LogP contribution in [0, 0.1) is 24.8 Å². The number of benzene rings is 3. The maximum atomic E-state index is 11.7. The topological polar surface area (TPSA) is 50.2 Å². The number of aliphatic hydroxyl groups is 1. The Morgan fingerprint density at radius 1 is 0.865 bits per heavy atom. The normalized spacial score (nSPS) is 15.5. The van der Waals surface area contributed by atoms with Crippen LogP contribution in [0.4, 0.5) is 0 Å². The monoisotopic (exact) mass is 895 g/mol. The second kappa shape index (κ2) is 16.3. The fraction of sp³-hybridized carbons (Fsp3) is 0.489. The molecule has 0 aliphatic heterocycles. The van der Waals surface area contributed by atoms with Crippen LogP contribution in [0.1, 0.15) is 137 Å². The molecule has 5 heteroatoms. The Morgan fingerprint density at radius 2 is 1.46 bits per heavy atom. The van der Waals surface area contributed by atoms with Gasteiger partial charge in [0.05, 0.1) is 5.76 Å². The quantitative estimate of drug-likeness (QED) is 0.0959. The number of ketones is 1. The fourth-order valence-corrected chi connectivity index (χ4v) is 9.82. The zero-order chi connectivity index (χ0) is 37.5. The van der Waals surface area contributed by atoms with Crippen LogP contribution in [0.3, 0.4) is 0 Å². The van der Waals surface area contributed by atoms with Gasteiger partial charge in [0.25, 0.3) is 0 Å². The van der Waals surface area contributed by atoms with Gasteiger partial charge >= 0.3 is 0 Å². The third-order valence-electron chi connectivity index (χ3n) is 11.5. The van der Waals surface area contributed by atoms with Gasteiger partial charge in [-0.25, -0.2) is 0 Å². The van der Waals surface area contributed by atoms with Crippen molar-refractivity contribution in [2.75, 3.05) is 0 Å². The molecule has 52 heavy (non-hydrogen) atoms. The zero-order valence-corrected chi connectivity index (χ0v) is 36.8. The number of hydrogen-bond acceptors (Lipinski definition) is 4. The number of pyridine rings is 1. The molecule has 5 aromatic rings. The molecule has 0 saturated heterocycles. The summed E-state index contributed by atoms with van der Waals surface area (Å²) in [5.41, 5.74) is 8.47. The maximum absolute atomic E-state index is 11.7. The summed E-state index contributed by atoms with van der Waals surface area (Å²) >= 11 is 1.95. The number of thiophene rings is 1. The second-order valence-electron chi connectivity index (χ2n) is 17.1. The molecule has 6 rings (SSSR count). The summed E-state index contributed by atoms with van der Waals surface area (Å²) in [6, 6.07) is 19.4. The van der Waals surface area contributed by atoms with Gasteiger partial charge in [-0.3, -0.25) is 9.78 Å². The number of nitrogens with zero attached hydrogens (tertiary/aromatic N) is 1. The summed E-state index contributed by atoms with van der Waals surface area (Å²) in [6.45, 7) is 27.0. The van der Waals surface area contributed by atoms with Crippen molar-refractivity contribution >= 4 is 48.1 Å². The number of carbonyl (C=O) groups is 1. The Labute approximate surface area is 331 Å². The Morgan fingerprint density at radius 3 is 2.06 bits per heavy atom. The van der Waals surface area contributed by atoms with Gasteiger partial charge in [-0.15, -0.1) is 40.5 Å². The Kier molecular flexibility index (Phi) is 13.1. The molecule has 1 aliphatic carbocycles. The molecule has 2 heterocycles. The molecule has 0 saturated carbocycles. The first-order chi connectivity index (χ1) is 24.0. The number of fused-ring (bicyclic) bond motifs is 6.